The van der Waals surface area contributed by atoms with Gasteiger partial charge in [0.05, 0.1) is 24.2 Å². The summed E-state index contributed by atoms with van der Waals surface area (Å²) in [5, 5.41) is 2.87. The van der Waals surface area contributed by atoms with E-state index in [1.54, 1.807) is 19.1 Å². The highest BCUT2D eigenvalue weighted by Gasteiger charge is 2.28. The zero-order chi connectivity index (χ0) is 20.7. The number of hydrogen-bond acceptors (Lipinski definition) is 5. The fourth-order valence-corrected chi connectivity index (χ4v) is 5.46. The van der Waals surface area contributed by atoms with Crippen LogP contribution in [0.3, 0.4) is 0 Å². The van der Waals surface area contributed by atoms with Gasteiger partial charge in [-0.25, -0.2) is 8.42 Å². The molecule has 0 unspecified atom stereocenters. The van der Waals surface area contributed by atoms with Crippen LogP contribution in [0.25, 0.3) is 0 Å². The Balaban J connectivity index is 1.53. The zero-order valence-corrected chi connectivity index (χ0v) is 18.0. The Labute approximate surface area is 173 Å². The molecule has 1 aromatic carbocycles. The number of sulfonamides is 1. The van der Waals surface area contributed by atoms with Gasteiger partial charge in [0.15, 0.2) is 0 Å². The van der Waals surface area contributed by atoms with E-state index in [1.807, 2.05) is 0 Å². The second kappa shape index (κ2) is 10.5. The molecule has 1 heterocycles. The van der Waals surface area contributed by atoms with Crippen molar-refractivity contribution in [3.05, 3.63) is 29.3 Å². The molecule has 3 rings (SSSR count). The van der Waals surface area contributed by atoms with E-state index in [-0.39, 0.29) is 10.8 Å². The quantitative estimate of drug-likeness (QED) is 0.648. The number of aryl methyl sites for hydroxylation is 1. The molecule has 0 spiro atoms. The van der Waals surface area contributed by atoms with E-state index in [4.69, 9.17) is 9.47 Å². The minimum absolute atomic E-state index is 0.188. The molecule has 2 fully saturated rings. The first kappa shape index (κ1) is 22.2. The molecule has 1 aromatic rings. The van der Waals surface area contributed by atoms with Gasteiger partial charge in [-0.1, -0.05) is 25.3 Å². The fraction of sp³-hybridized carbons (Fsp3) is 0.667. The average molecular weight is 425 g/mol. The smallest absolute Gasteiger partial charge is 0.251 e. The normalized spacial score (nSPS) is 19.2. The predicted octanol–water partition coefficient (Wildman–Crippen LogP) is 2.49. The minimum Gasteiger partial charge on any atom is -0.379 e. The zero-order valence-electron chi connectivity index (χ0n) is 17.2. The van der Waals surface area contributed by atoms with Crippen LogP contribution < -0.4 is 5.32 Å². The van der Waals surface area contributed by atoms with Gasteiger partial charge < -0.3 is 14.8 Å². The van der Waals surface area contributed by atoms with Crippen molar-refractivity contribution < 1.29 is 22.7 Å². The maximum atomic E-state index is 13.0. The van der Waals surface area contributed by atoms with Crippen LogP contribution in [0, 0.1) is 6.92 Å². The van der Waals surface area contributed by atoms with Gasteiger partial charge in [-0.3, -0.25) is 4.79 Å². The van der Waals surface area contributed by atoms with E-state index in [0.717, 1.165) is 19.3 Å². The maximum Gasteiger partial charge on any atom is 0.251 e. The third kappa shape index (κ3) is 6.01. The molecular weight excluding hydrogens is 392 g/mol. The number of rotatable bonds is 8. The summed E-state index contributed by atoms with van der Waals surface area (Å²) in [6.07, 6.45) is 7.16. The number of benzene rings is 1. The summed E-state index contributed by atoms with van der Waals surface area (Å²) in [4.78, 5) is 12.7. The van der Waals surface area contributed by atoms with Crippen LogP contribution in [0.2, 0.25) is 0 Å². The molecule has 1 aliphatic heterocycles. The highest BCUT2D eigenvalue weighted by atomic mass is 32.2. The Morgan fingerprint density at radius 1 is 1.21 bits per heavy atom. The molecule has 2 aliphatic rings. The molecule has 1 saturated carbocycles. The van der Waals surface area contributed by atoms with Crippen molar-refractivity contribution in [3.63, 3.8) is 0 Å². The minimum atomic E-state index is -3.64. The molecule has 1 saturated heterocycles. The molecule has 162 valence electrons. The molecular formula is C21H32N2O5S. The topological polar surface area (TPSA) is 84.9 Å². The number of ether oxygens (including phenoxy) is 2. The molecule has 7 nitrogen and oxygen atoms in total. The standard InChI is InChI=1S/C21H32N2O5S/c1-17-8-9-18(16-20(17)29(25,26)23-11-14-27-15-12-23)21(24)22-10-5-13-28-19-6-3-2-4-7-19/h8-9,16,19H,2-7,10-15H2,1H3,(H,22,24). The lowest BCUT2D eigenvalue weighted by Gasteiger charge is -2.26. The van der Waals surface area contributed by atoms with Gasteiger partial charge in [0.2, 0.25) is 10.0 Å². The van der Waals surface area contributed by atoms with Crippen LogP contribution in [-0.2, 0) is 19.5 Å². The van der Waals surface area contributed by atoms with Crippen LogP contribution in [0.1, 0.15) is 54.4 Å². The van der Waals surface area contributed by atoms with Gasteiger partial charge >= 0.3 is 0 Å². The Morgan fingerprint density at radius 3 is 2.66 bits per heavy atom. The molecule has 8 heteroatoms. The monoisotopic (exact) mass is 424 g/mol. The van der Waals surface area contributed by atoms with Gasteiger partial charge in [0, 0.05) is 31.8 Å². The first-order valence-corrected chi connectivity index (χ1v) is 12.0. The van der Waals surface area contributed by atoms with Gasteiger partial charge in [0.25, 0.3) is 5.91 Å². The SMILES string of the molecule is Cc1ccc(C(=O)NCCCOC2CCCCC2)cc1S(=O)(=O)N1CCOCC1. The number of nitrogens with one attached hydrogen (secondary N) is 1. The predicted molar refractivity (Wildman–Crippen MR) is 111 cm³/mol. The van der Waals surface area contributed by atoms with E-state index >= 15 is 0 Å². The summed E-state index contributed by atoms with van der Waals surface area (Å²) in [5.41, 5.74) is 0.990. The molecule has 1 N–H and O–H groups in total. The van der Waals surface area contributed by atoms with E-state index < -0.39 is 10.0 Å². The summed E-state index contributed by atoms with van der Waals surface area (Å²) in [7, 11) is -3.64. The molecule has 0 atom stereocenters. The van der Waals surface area contributed by atoms with E-state index in [1.165, 1.54) is 29.6 Å². The molecule has 0 bridgehead atoms. The molecule has 1 amide bonds. The summed E-state index contributed by atoms with van der Waals surface area (Å²) >= 11 is 0. The van der Waals surface area contributed by atoms with Crippen molar-refractivity contribution in [2.45, 2.75) is 56.4 Å². The van der Waals surface area contributed by atoms with Crippen LogP contribution in [-0.4, -0.2) is 64.2 Å². The van der Waals surface area contributed by atoms with Crippen molar-refractivity contribution in [1.82, 2.24) is 9.62 Å². The lowest BCUT2D eigenvalue weighted by molar-refractivity contribution is 0.0273. The number of carbonyl (C=O) groups is 1. The largest absolute Gasteiger partial charge is 0.379 e. The van der Waals surface area contributed by atoms with Crippen LogP contribution in [0.4, 0.5) is 0 Å². The van der Waals surface area contributed by atoms with Crippen LogP contribution >= 0.6 is 0 Å². The van der Waals surface area contributed by atoms with Gasteiger partial charge in [-0.05, 0) is 43.9 Å². The van der Waals surface area contributed by atoms with Crippen molar-refractivity contribution >= 4 is 15.9 Å². The maximum absolute atomic E-state index is 13.0. The Kier molecular flexibility index (Phi) is 8.06. The lowest BCUT2D eigenvalue weighted by atomic mass is 9.98. The molecule has 1 aliphatic carbocycles. The van der Waals surface area contributed by atoms with E-state index in [9.17, 15) is 13.2 Å². The Morgan fingerprint density at radius 2 is 1.93 bits per heavy atom. The number of hydrogen-bond donors (Lipinski definition) is 1. The van der Waals surface area contributed by atoms with Crippen molar-refractivity contribution in [2.75, 3.05) is 39.5 Å². The third-order valence-electron chi connectivity index (χ3n) is 5.55. The Hall–Kier alpha value is -1.48. The molecule has 0 aromatic heterocycles. The number of nitrogens with zero attached hydrogens (tertiary/aromatic N) is 1. The first-order chi connectivity index (χ1) is 14.0. The average Bonchev–Trinajstić information content (AvgIpc) is 2.75. The summed E-state index contributed by atoms with van der Waals surface area (Å²) in [6, 6.07) is 4.84. The van der Waals surface area contributed by atoms with Crippen molar-refractivity contribution in [1.29, 1.82) is 0 Å². The summed E-state index contributed by atoms with van der Waals surface area (Å²) < 4.78 is 38.4. The fourth-order valence-electron chi connectivity index (χ4n) is 3.80. The van der Waals surface area contributed by atoms with Crippen LogP contribution in [0.5, 0.6) is 0 Å². The number of morpholine rings is 1. The second-order valence-corrected chi connectivity index (χ2v) is 9.64. The molecule has 29 heavy (non-hydrogen) atoms. The summed E-state index contributed by atoms with van der Waals surface area (Å²) in [5.74, 6) is -0.263. The first-order valence-electron chi connectivity index (χ1n) is 10.6. The highest BCUT2D eigenvalue weighted by Crippen LogP contribution is 2.23. The van der Waals surface area contributed by atoms with Gasteiger partial charge in [-0.15, -0.1) is 0 Å². The van der Waals surface area contributed by atoms with Gasteiger partial charge in [-0.2, -0.15) is 4.31 Å². The van der Waals surface area contributed by atoms with Gasteiger partial charge in [0.1, 0.15) is 0 Å². The lowest BCUT2D eigenvalue weighted by Crippen LogP contribution is -2.41. The van der Waals surface area contributed by atoms with E-state index in [0.29, 0.717) is 56.7 Å². The number of amides is 1. The van der Waals surface area contributed by atoms with Crippen molar-refractivity contribution in [2.24, 2.45) is 0 Å². The van der Waals surface area contributed by atoms with E-state index in [2.05, 4.69) is 5.32 Å². The second-order valence-electron chi connectivity index (χ2n) is 7.74. The van der Waals surface area contributed by atoms with Crippen molar-refractivity contribution in [3.8, 4) is 0 Å². The number of carbonyl (C=O) groups excluding carboxylic acids is 1. The highest BCUT2D eigenvalue weighted by molar-refractivity contribution is 7.89. The van der Waals surface area contributed by atoms with Crippen LogP contribution in [0.15, 0.2) is 23.1 Å². The Bertz CT molecular complexity index is 784. The summed E-state index contributed by atoms with van der Waals surface area (Å²) in [6.45, 7) is 4.33. The third-order valence-corrected chi connectivity index (χ3v) is 7.59. The molecule has 0 radical (unpaired) electrons.